The fourth-order valence-corrected chi connectivity index (χ4v) is 9.32. The molecule has 0 saturated heterocycles. The Balaban J connectivity index is 1.08. The van der Waals surface area contributed by atoms with E-state index in [9.17, 15) is 0 Å². The lowest BCUT2D eigenvalue weighted by Gasteiger charge is -2.44. The Kier molecular flexibility index (Phi) is 6.72. The smallest absolute Gasteiger partial charge is 0.252 e. The summed E-state index contributed by atoms with van der Waals surface area (Å²) in [5.41, 5.74) is 17.6. The van der Waals surface area contributed by atoms with E-state index in [4.69, 9.17) is 0 Å². The summed E-state index contributed by atoms with van der Waals surface area (Å²) < 4.78 is 0. The number of aryl methyl sites for hydroxylation is 3. The van der Waals surface area contributed by atoms with E-state index in [1.807, 2.05) is 0 Å². The number of benzene rings is 9. The van der Waals surface area contributed by atoms with Gasteiger partial charge in [-0.3, -0.25) is 0 Å². The molecule has 0 amide bonds. The highest BCUT2D eigenvalue weighted by Crippen LogP contribution is 2.44. The maximum atomic E-state index is 2.49. The van der Waals surface area contributed by atoms with E-state index in [0.717, 1.165) is 5.69 Å². The standard InChI is InChI=1S/C51H37BN2/c1-32-15-22-37(23-16-32)53-47-27-17-33(2)29-45(47)52-46-30-34(3)18-28-48(46)54(50-14-8-13-49(53)51(50)52)38-24-19-35(20-25-38)36-21-26-43-41-11-5-4-9-39(41)40-10-6-7-12-42(40)44(43)31-36/h4-31H,1-3H3. The predicted octanol–water partition coefficient (Wildman–Crippen LogP) is 11.8. The van der Waals surface area contributed by atoms with Gasteiger partial charge in [0.25, 0.3) is 6.71 Å². The number of anilines is 6. The van der Waals surface area contributed by atoms with Crippen molar-refractivity contribution in [2.75, 3.05) is 9.80 Å². The average Bonchev–Trinajstić information content (AvgIpc) is 3.21. The van der Waals surface area contributed by atoms with Gasteiger partial charge in [0.15, 0.2) is 0 Å². The van der Waals surface area contributed by atoms with Crippen LogP contribution in [0.15, 0.2) is 170 Å². The molecule has 9 aromatic carbocycles. The Labute approximate surface area is 316 Å². The number of nitrogens with zero attached hydrogens (tertiary/aromatic N) is 2. The molecule has 0 aliphatic carbocycles. The van der Waals surface area contributed by atoms with E-state index in [1.54, 1.807) is 0 Å². The van der Waals surface area contributed by atoms with Crippen LogP contribution in [-0.4, -0.2) is 6.71 Å². The molecule has 0 fully saturated rings. The molecule has 0 N–H and O–H groups in total. The van der Waals surface area contributed by atoms with Gasteiger partial charge in [-0.2, -0.15) is 0 Å². The second kappa shape index (κ2) is 11.7. The summed E-state index contributed by atoms with van der Waals surface area (Å²) in [6.07, 6.45) is 0. The third kappa shape index (κ3) is 4.55. The molecule has 2 heterocycles. The number of hydrogen-bond acceptors (Lipinski definition) is 2. The van der Waals surface area contributed by atoms with Crippen LogP contribution in [0, 0.1) is 20.8 Å². The van der Waals surface area contributed by atoms with Crippen LogP contribution < -0.4 is 26.2 Å². The average molecular weight is 689 g/mol. The van der Waals surface area contributed by atoms with Gasteiger partial charge in [-0.1, -0.05) is 132 Å². The molecule has 0 bridgehead atoms. The highest BCUT2D eigenvalue weighted by Gasteiger charge is 2.43. The third-order valence-electron chi connectivity index (χ3n) is 11.8. The second-order valence-electron chi connectivity index (χ2n) is 15.2. The Bertz CT molecular complexity index is 2950. The normalized spacial score (nSPS) is 13.0. The second-order valence-corrected chi connectivity index (χ2v) is 15.2. The minimum absolute atomic E-state index is 0.127. The lowest BCUT2D eigenvalue weighted by Crippen LogP contribution is -2.61. The molecular weight excluding hydrogens is 651 g/mol. The van der Waals surface area contributed by atoms with Gasteiger partial charge >= 0.3 is 0 Å². The molecule has 54 heavy (non-hydrogen) atoms. The van der Waals surface area contributed by atoms with Crippen LogP contribution in [0.5, 0.6) is 0 Å². The summed E-state index contributed by atoms with van der Waals surface area (Å²) in [5.74, 6) is 0. The summed E-state index contributed by atoms with van der Waals surface area (Å²) >= 11 is 0. The molecule has 0 aromatic heterocycles. The molecule has 0 spiro atoms. The maximum Gasteiger partial charge on any atom is 0.252 e. The molecule has 0 unspecified atom stereocenters. The quantitative estimate of drug-likeness (QED) is 0.135. The molecule has 0 saturated carbocycles. The van der Waals surface area contributed by atoms with Crippen molar-refractivity contribution < 1.29 is 0 Å². The van der Waals surface area contributed by atoms with Gasteiger partial charge in [0.2, 0.25) is 0 Å². The van der Waals surface area contributed by atoms with Gasteiger partial charge in [-0.25, -0.2) is 0 Å². The first-order valence-corrected chi connectivity index (χ1v) is 19.0. The van der Waals surface area contributed by atoms with Crippen LogP contribution in [0.3, 0.4) is 0 Å². The fourth-order valence-electron chi connectivity index (χ4n) is 9.32. The van der Waals surface area contributed by atoms with Crippen LogP contribution in [0.2, 0.25) is 0 Å². The molecule has 3 heteroatoms. The topological polar surface area (TPSA) is 6.48 Å². The van der Waals surface area contributed by atoms with E-state index in [0.29, 0.717) is 0 Å². The Morgan fingerprint density at radius 1 is 0.333 bits per heavy atom. The highest BCUT2D eigenvalue weighted by atomic mass is 15.2. The van der Waals surface area contributed by atoms with Crippen molar-refractivity contribution in [3.63, 3.8) is 0 Å². The van der Waals surface area contributed by atoms with Crippen molar-refractivity contribution >= 4 is 89.5 Å². The Morgan fingerprint density at radius 2 is 0.778 bits per heavy atom. The number of rotatable bonds is 3. The summed E-state index contributed by atoms with van der Waals surface area (Å²) in [4.78, 5) is 4.96. The van der Waals surface area contributed by atoms with Crippen molar-refractivity contribution in [2.45, 2.75) is 20.8 Å². The van der Waals surface area contributed by atoms with Crippen LogP contribution in [0.25, 0.3) is 43.4 Å². The van der Waals surface area contributed by atoms with Crippen LogP contribution >= 0.6 is 0 Å². The van der Waals surface area contributed by atoms with Gasteiger partial charge in [-0.15, -0.1) is 0 Å². The largest absolute Gasteiger partial charge is 0.311 e. The van der Waals surface area contributed by atoms with Crippen molar-refractivity contribution in [3.8, 4) is 11.1 Å². The van der Waals surface area contributed by atoms with Crippen molar-refractivity contribution in [3.05, 3.63) is 187 Å². The molecule has 0 atom stereocenters. The monoisotopic (exact) mass is 688 g/mol. The Morgan fingerprint density at radius 3 is 1.31 bits per heavy atom. The number of fused-ring (bicyclic) bond motifs is 10. The molecule has 2 nitrogen and oxygen atoms in total. The summed E-state index contributed by atoms with van der Waals surface area (Å²) in [5, 5.41) is 7.79. The first kappa shape index (κ1) is 31.0. The van der Waals surface area contributed by atoms with Gasteiger partial charge in [0, 0.05) is 34.1 Å². The number of hydrogen-bond donors (Lipinski definition) is 0. The van der Waals surface area contributed by atoms with E-state index < -0.39 is 0 Å². The summed E-state index contributed by atoms with van der Waals surface area (Å²) in [6.45, 7) is 6.71. The van der Waals surface area contributed by atoms with Crippen LogP contribution in [-0.2, 0) is 0 Å². The van der Waals surface area contributed by atoms with E-state index >= 15 is 0 Å². The first-order valence-electron chi connectivity index (χ1n) is 19.0. The SMILES string of the molecule is Cc1ccc(N2c3ccc(C)cc3B3c4cc(C)ccc4N(c4ccc(-c5ccc6c7ccccc7c7ccccc7c6c5)cc4)c4cccc2c43)cc1. The van der Waals surface area contributed by atoms with Crippen LogP contribution in [0.1, 0.15) is 16.7 Å². The van der Waals surface area contributed by atoms with Gasteiger partial charge in [0.05, 0.1) is 0 Å². The van der Waals surface area contributed by atoms with E-state index in [1.165, 1.54) is 105 Å². The predicted molar refractivity (Wildman–Crippen MR) is 233 cm³/mol. The van der Waals surface area contributed by atoms with E-state index in [2.05, 4.69) is 200 Å². The summed E-state index contributed by atoms with van der Waals surface area (Å²) in [7, 11) is 0. The molecule has 2 aliphatic rings. The first-order chi connectivity index (χ1) is 26.5. The molecule has 0 radical (unpaired) electrons. The van der Waals surface area contributed by atoms with Crippen LogP contribution in [0.4, 0.5) is 34.1 Å². The zero-order chi connectivity index (χ0) is 36.1. The maximum absolute atomic E-state index is 2.49. The van der Waals surface area contributed by atoms with Gasteiger partial charge < -0.3 is 9.80 Å². The minimum atomic E-state index is 0.127. The molecule has 11 rings (SSSR count). The van der Waals surface area contributed by atoms with E-state index in [-0.39, 0.29) is 6.71 Å². The van der Waals surface area contributed by atoms with Crippen molar-refractivity contribution in [2.24, 2.45) is 0 Å². The zero-order valence-corrected chi connectivity index (χ0v) is 30.6. The third-order valence-corrected chi connectivity index (χ3v) is 11.8. The lowest BCUT2D eigenvalue weighted by molar-refractivity contribution is 1.24. The minimum Gasteiger partial charge on any atom is -0.311 e. The molecule has 9 aromatic rings. The molecule has 254 valence electrons. The zero-order valence-electron chi connectivity index (χ0n) is 30.6. The fraction of sp³-hybridized carbons (Fsp3) is 0.0588. The molecular formula is C51H37BN2. The van der Waals surface area contributed by atoms with Gasteiger partial charge in [-0.05, 0) is 135 Å². The van der Waals surface area contributed by atoms with Gasteiger partial charge in [0.1, 0.15) is 0 Å². The lowest BCUT2D eigenvalue weighted by atomic mass is 9.33. The molecule has 2 aliphatic heterocycles. The summed E-state index contributed by atoms with van der Waals surface area (Å²) in [6, 6.07) is 63.6. The van der Waals surface area contributed by atoms with Crippen molar-refractivity contribution in [1.29, 1.82) is 0 Å². The van der Waals surface area contributed by atoms with Crippen molar-refractivity contribution in [1.82, 2.24) is 0 Å². The highest BCUT2D eigenvalue weighted by molar-refractivity contribution is 7.00. The Hall–Kier alpha value is -6.58.